The molecule has 1 fully saturated rings. The first-order chi connectivity index (χ1) is 13.2. The average Bonchev–Trinajstić information content (AvgIpc) is 3.19. The topological polar surface area (TPSA) is 58.1 Å². The SMILES string of the molecule is CN=C(NCc1ccc(OC)cc1)NC1CCN(c2ccccc2OC)C1. The summed E-state index contributed by atoms with van der Waals surface area (Å²) >= 11 is 0. The van der Waals surface area contributed by atoms with Gasteiger partial charge in [-0.2, -0.15) is 0 Å². The summed E-state index contributed by atoms with van der Waals surface area (Å²) in [5, 5.41) is 6.91. The standard InChI is InChI=1S/C21H28N4O2/c1-22-21(23-14-16-8-10-18(26-2)11-9-16)24-17-12-13-25(15-17)19-6-4-5-7-20(19)27-3/h4-11,17H,12-15H2,1-3H3,(H2,22,23,24). The maximum Gasteiger partial charge on any atom is 0.191 e. The molecule has 1 unspecified atom stereocenters. The van der Waals surface area contributed by atoms with Crippen LogP contribution in [0, 0.1) is 0 Å². The van der Waals surface area contributed by atoms with Gasteiger partial charge in [0.2, 0.25) is 0 Å². The Labute approximate surface area is 161 Å². The summed E-state index contributed by atoms with van der Waals surface area (Å²) in [5.41, 5.74) is 2.33. The van der Waals surface area contributed by atoms with Gasteiger partial charge in [0.05, 0.1) is 19.9 Å². The highest BCUT2D eigenvalue weighted by molar-refractivity contribution is 5.80. The number of nitrogens with zero attached hydrogens (tertiary/aromatic N) is 2. The maximum absolute atomic E-state index is 5.49. The zero-order valence-corrected chi connectivity index (χ0v) is 16.2. The van der Waals surface area contributed by atoms with Crippen molar-refractivity contribution in [1.29, 1.82) is 0 Å². The third kappa shape index (κ3) is 4.84. The summed E-state index contributed by atoms with van der Waals surface area (Å²) in [6, 6.07) is 16.5. The lowest BCUT2D eigenvalue weighted by Crippen LogP contribution is -2.44. The van der Waals surface area contributed by atoms with Gasteiger partial charge in [0.15, 0.2) is 5.96 Å². The van der Waals surface area contributed by atoms with Crippen LogP contribution in [0.1, 0.15) is 12.0 Å². The molecule has 27 heavy (non-hydrogen) atoms. The van der Waals surface area contributed by atoms with E-state index in [2.05, 4.69) is 38.7 Å². The van der Waals surface area contributed by atoms with Crippen LogP contribution in [-0.2, 0) is 6.54 Å². The smallest absolute Gasteiger partial charge is 0.191 e. The van der Waals surface area contributed by atoms with Gasteiger partial charge in [-0.1, -0.05) is 24.3 Å². The van der Waals surface area contributed by atoms with Crippen LogP contribution >= 0.6 is 0 Å². The quantitative estimate of drug-likeness (QED) is 0.606. The van der Waals surface area contributed by atoms with Crippen molar-refractivity contribution in [3.63, 3.8) is 0 Å². The number of hydrogen-bond acceptors (Lipinski definition) is 4. The van der Waals surface area contributed by atoms with E-state index in [0.29, 0.717) is 12.6 Å². The molecule has 2 aromatic carbocycles. The Hall–Kier alpha value is -2.89. The predicted molar refractivity (Wildman–Crippen MR) is 110 cm³/mol. The van der Waals surface area contributed by atoms with E-state index in [1.165, 1.54) is 5.56 Å². The Morgan fingerprint density at radius 1 is 1.11 bits per heavy atom. The molecule has 0 radical (unpaired) electrons. The molecular weight excluding hydrogens is 340 g/mol. The largest absolute Gasteiger partial charge is 0.497 e. The molecule has 6 nitrogen and oxygen atoms in total. The van der Waals surface area contributed by atoms with Crippen LogP contribution in [0.3, 0.4) is 0 Å². The number of aliphatic imine (C=N–C) groups is 1. The lowest BCUT2D eigenvalue weighted by molar-refractivity contribution is 0.414. The number of para-hydroxylation sites is 2. The first-order valence-corrected chi connectivity index (χ1v) is 9.21. The Kier molecular flexibility index (Phi) is 6.41. The zero-order chi connectivity index (χ0) is 19.1. The fourth-order valence-corrected chi connectivity index (χ4v) is 3.31. The minimum atomic E-state index is 0.344. The lowest BCUT2D eigenvalue weighted by Gasteiger charge is -2.22. The number of anilines is 1. The first kappa shape index (κ1) is 18.9. The minimum Gasteiger partial charge on any atom is -0.497 e. The Bertz CT molecular complexity index is 761. The summed E-state index contributed by atoms with van der Waals surface area (Å²) in [7, 11) is 5.20. The molecule has 6 heteroatoms. The molecule has 0 spiro atoms. The van der Waals surface area contributed by atoms with E-state index in [1.54, 1.807) is 21.3 Å². The molecule has 144 valence electrons. The summed E-state index contributed by atoms with van der Waals surface area (Å²) < 4.78 is 10.7. The molecule has 1 atom stereocenters. The van der Waals surface area contributed by atoms with E-state index in [4.69, 9.17) is 9.47 Å². The Morgan fingerprint density at radius 3 is 2.59 bits per heavy atom. The second kappa shape index (κ2) is 9.16. The van der Waals surface area contributed by atoms with E-state index < -0.39 is 0 Å². The van der Waals surface area contributed by atoms with Crippen molar-refractivity contribution in [2.75, 3.05) is 39.3 Å². The third-order valence-corrected chi connectivity index (χ3v) is 4.80. The molecule has 2 N–H and O–H groups in total. The molecule has 0 saturated carbocycles. The number of ether oxygens (including phenoxy) is 2. The number of rotatable bonds is 6. The van der Waals surface area contributed by atoms with Gasteiger partial charge in [-0.3, -0.25) is 4.99 Å². The van der Waals surface area contributed by atoms with Crippen LogP contribution in [0.4, 0.5) is 5.69 Å². The normalized spacial score (nSPS) is 16.9. The van der Waals surface area contributed by atoms with E-state index in [0.717, 1.165) is 42.7 Å². The highest BCUT2D eigenvalue weighted by Gasteiger charge is 2.25. The molecule has 0 aromatic heterocycles. The van der Waals surface area contributed by atoms with Crippen LogP contribution in [-0.4, -0.2) is 46.4 Å². The Morgan fingerprint density at radius 2 is 1.89 bits per heavy atom. The second-order valence-corrected chi connectivity index (χ2v) is 6.52. The number of benzene rings is 2. The van der Waals surface area contributed by atoms with Gasteiger partial charge >= 0.3 is 0 Å². The van der Waals surface area contributed by atoms with E-state index in [9.17, 15) is 0 Å². The maximum atomic E-state index is 5.49. The molecule has 1 aliphatic heterocycles. The number of nitrogens with one attached hydrogen (secondary N) is 2. The monoisotopic (exact) mass is 368 g/mol. The van der Waals surface area contributed by atoms with Gasteiger partial charge < -0.3 is 25.0 Å². The van der Waals surface area contributed by atoms with Crippen molar-refractivity contribution in [3.05, 3.63) is 54.1 Å². The number of guanidine groups is 1. The fraction of sp³-hybridized carbons (Fsp3) is 0.381. The van der Waals surface area contributed by atoms with Crippen molar-refractivity contribution >= 4 is 11.6 Å². The summed E-state index contributed by atoms with van der Waals surface area (Å²) in [5.74, 6) is 2.60. The molecular formula is C21H28N4O2. The van der Waals surface area contributed by atoms with E-state index in [1.807, 2.05) is 30.3 Å². The van der Waals surface area contributed by atoms with E-state index >= 15 is 0 Å². The molecule has 1 aliphatic rings. The highest BCUT2D eigenvalue weighted by atomic mass is 16.5. The van der Waals surface area contributed by atoms with Crippen molar-refractivity contribution < 1.29 is 9.47 Å². The lowest BCUT2D eigenvalue weighted by atomic mass is 10.2. The number of hydrogen-bond donors (Lipinski definition) is 2. The average molecular weight is 368 g/mol. The molecule has 2 aromatic rings. The van der Waals surface area contributed by atoms with Crippen LogP contribution in [0.15, 0.2) is 53.5 Å². The molecule has 0 aliphatic carbocycles. The number of methoxy groups -OCH3 is 2. The predicted octanol–water partition coefficient (Wildman–Crippen LogP) is 2.65. The van der Waals surface area contributed by atoms with Crippen molar-refractivity contribution in [2.45, 2.75) is 19.0 Å². The summed E-state index contributed by atoms with van der Waals surface area (Å²) in [4.78, 5) is 6.71. The van der Waals surface area contributed by atoms with Crippen LogP contribution in [0.25, 0.3) is 0 Å². The van der Waals surface area contributed by atoms with Crippen molar-refractivity contribution in [1.82, 2.24) is 10.6 Å². The first-order valence-electron chi connectivity index (χ1n) is 9.21. The van der Waals surface area contributed by atoms with Crippen molar-refractivity contribution in [2.24, 2.45) is 4.99 Å². The van der Waals surface area contributed by atoms with Gasteiger partial charge in [0.1, 0.15) is 11.5 Å². The van der Waals surface area contributed by atoms with Gasteiger partial charge in [0.25, 0.3) is 0 Å². The molecule has 1 heterocycles. The van der Waals surface area contributed by atoms with Crippen molar-refractivity contribution in [3.8, 4) is 11.5 Å². The second-order valence-electron chi connectivity index (χ2n) is 6.52. The summed E-state index contributed by atoms with van der Waals surface area (Å²) in [6.07, 6.45) is 1.06. The van der Waals surface area contributed by atoms with Gasteiger partial charge in [0, 0.05) is 32.7 Å². The van der Waals surface area contributed by atoms with Gasteiger partial charge in [-0.15, -0.1) is 0 Å². The van der Waals surface area contributed by atoms with E-state index in [-0.39, 0.29) is 0 Å². The van der Waals surface area contributed by atoms with Gasteiger partial charge in [-0.25, -0.2) is 0 Å². The molecule has 1 saturated heterocycles. The fourth-order valence-electron chi connectivity index (χ4n) is 3.31. The third-order valence-electron chi connectivity index (χ3n) is 4.80. The Balaban J connectivity index is 1.53. The molecule has 3 rings (SSSR count). The van der Waals surface area contributed by atoms with Crippen LogP contribution < -0.4 is 25.0 Å². The highest BCUT2D eigenvalue weighted by Crippen LogP contribution is 2.30. The zero-order valence-electron chi connectivity index (χ0n) is 16.2. The van der Waals surface area contributed by atoms with Crippen LogP contribution in [0.2, 0.25) is 0 Å². The minimum absolute atomic E-state index is 0.344. The molecule has 0 amide bonds. The molecule has 0 bridgehead atoms. The summed E-state index contributed by atoms with van der Waals surface area (Å²) in [6.45, 7) is 2.63. The van der Waals surface area contributed by atoms with Gasteiger partial charge in [-0.05, 0) is 36.2 Å². The van der Waals surface area contributed by atoms with Crippen LogP contribution in [0.5, 0.6) is 11.5 Å².